The Morgan fingerprint density at radius 3 is 2.53 bits per heavy atom. The number of nitrogens with one attached hydrogen (secondary N) is 4. The van der Waals surface area contributed by atoms with Crippen LogP contribution in [-0.4, -0.2) is 63.8 Å². The SMILES string of the molecule is CN=CC(NC(=O)c1nc(CC(C)C)cnc1Nc1cncnc1)C(=N)C(=O)NC. The van der Waals surface area contributed by atoms with E-state index in [2.05, 4.69) is 40.9 Å². The van der Waals surface area contributed by atoms with Gasteiger partial charge in [0.05, 0.1) is 30.0 Å². The van der Waals surface area contributed by atoms with Crippen molar-refractivity contribution in [3.8, 4) is 0 Å². The van der Waals surface area contributed by atoms with Gasteiger partial charge in [0, 0.05) is 20.3 Å². The summed E-state index contributed by atoms with van der Waals surface area (Å²) in [5.41, 5.74) is 0.847. The highest BCUT2D eigenvalue weighted by molar-refractivity contribution is 6.42. The fourth-order valence-corrected chi connectivity index (χ4v) is 2.51. The van der Waals surface area contributed by atoms with E-state index in [1.807, 2.05) is 13.8 Å². The molecule has 30 heavy (non-hydrogen) atoms. The number of aromatic nitrogens is 4. The monoisotopic (exact) mass is 411 g/mol. The van der Waals surface area contributed by atoms with E-state index in [0.717, 1.165) is 0 Å². The molecule has 1 unspecified atom stereocenters. The van der Waals surface area contributed by atoms with Crippen molar-refractivity contribution >= 4 is 35.2 Å². The Morgan fingerprint density at radius 1 is 1.23 bits per heavy atom. The third-order valence-electron chi connectivity index (χ3n) is 3.85. The molecule has 11 heteroatoms. The number of carbonyl (C=O) groups excluding carboxylic acids is 2. The smallest absolute Gasteiger partial charge is 0.274 e. The Morgan fingerprint density at radius 2 is 1.93 bits per heavy atom. The van der Waals surface area contributed by atoms with E-state index in [1.165, 1.54) is 39.0 Å². The van der Waals surface area contributed by atoms with Crippen LogP contribution in [-0.2, 0) is 11.2 Å². The first-order chi connectivity index (χ1) is 14.3. The number of anilines is 2. The van der Waals surface area contributed by atoms with E-state index >= 15 is 0 Å². The molecule has 2 amide bonds. The van der Waals surface area contributed by atoms with Crippen LogP contribution in [0.25, 0.3) is 0 Å². The normalized spacial score (nSPS) is 11.9. The average Bonchev–Trinajstić information content (AvgIpc) is 2.73. The first kappa shape index (κ1) is 22.5. The van der Waals surface area contributed by atoms with Gasteiger partial charge in [0.1, 0.15) is 18.1 Å². The van der Waals surface area contributed by atoms with Gasteiger partial charge in [-0.05, 0) is 12.3 Å². The van der Waals surface area contributed by atoms with Crippen LogP contribution in [0.4, 0.5) is 11.5 Å². The molecule has 2 aromatic rings. The van der Waals surface area contributed by atoms with Gasteiger partial charge in [0.25, 0.3) is 11.8 Å². The van der Waals surface area contributed by atoms with Gasteiger partial charge in [-0.15, -0.1) is 0 Å². The third-order valence-corrected chi connectivity index (χ3v) is 3.85. The van der Waals surface area contributed by atoms with Gasteiger partial charge in [0.2, 0.25) is 0 Å². The largest absolute Gasteiger partial charge is 0.354 e. The number of aliphatic imine (C=N–C) groups is 1. The van der Waals surface area contributed by atoms with Crippen molar-refractivity contribution in [2.75, 3.05) is 19.4 Å². The summed E-state index contributed by atoms with van der Waals surface area (Å²) in [4.78, 5) is 45.3. The minimum Gasteiger partial charge on any atom is -0.354 e. The van der Waals surface area contributed by atoms with E-state index in [4.69, 9.17) is 5.41 Å². The van der Waals surface area contributed by atoms with Crippen molar-refractivity contribution < 1.29 is 9.59 Å². The zero-order chi connectivity index (χ0) is 22.1. The van der Waals surface area contributed by atoms with Gasteiger partial charge >= 0.3 is 0 Å². The lowest BCUT2D eigenvalue weighted by Gasteiger charge is -2.17. The lowest BCUT2D eigenvalue weighted by atomic mass is 10.1. The van der Waals surface area contributed by atoms with Crippen molar-refractivity contribution in [3.63, 3.8) is 0 Å². The van der Waals surface area contributed by atoms with Gasteiger partial charge < -0.3 is 16.0 Å². The number of hydrogen-bond donors (Lipinski definition) is 4. The van der Waals surface area contributed by atoms with Crippen LogP contribution < -0.4 is 16.0 Å². The molecule has 0 aliphatic heterocycles. The van der Waals surface area contributed by atoms with E-state index < -0.39 is 17.9 Å². The molecule has 0 aliphatic carbocycles. The van der Waals surface area contributed by atoms with Crippen LogP contribution in [0.15, 0.2) is 29.9 Å². The molecule has 0 spiro atoms. The first-order valence-electron chi connectivity index (χ1n) is 9.27. The van der Waals surface area contributed by atoms with Crippen LogP contribution in [0, 0.1) is 11.3 Å². The molecule has 0 bridgehead atoms. The number of amides is 2. The van der Waals surface area contributed by atoms with Crippen LogP contribution in [0.3, 0.4) is 0 Å². The molecule has 2 rings (SSSR count). The second kappa shape index (κ2) is 10.7. The Bertz CT molecular complexity index is 929. The summed E-state index contributed by atoms with van der Waals surface area (Å²) in [5.74, 6) is -0.711. The van der Waals surface area contributed by atoms with Crippen molar-refractivity contribution in [3.05, 3.63) is 36.3 Å². The predicted molar refractivity (Wildman–Crippen MR) is 113 cm³/mol. The maximum absolute atomic E-state index is 13.0. The number of nitrogens with zero attached hydrogens (tertiary/aromatic N) is 5. The molecule has 0 aromatic carbocycles. The molecular formula is C19H25N9O2. The highest BCUT2D eigenvalue weighted by Gasteiger charge is 2.24. The summed E-state index contributed by atoms with van der Waals surface area (Å²) < 4.78 is 0. The molecule has 0 saturated carbocycles. The predicted octanol–water partition coefficient (Wildman–Crippen LogP) is 0.773. The zero-order valence-electron chi connectivity index (χ0n) is 17.3. The van der Waals surface area contributed by atoms with Crippen molar-refractivity contribution in [2.45, 2.75) is 26.3 Å². The van der Waals surface area contributed by atoms with Gasteiger partial charge in [0.15, 0.2) is 11.5 Å². The van der Waals surface area contributed by atoms with Crippen molar-refractivity contribution in [1.29, 1.82) is 5.41 Å². The summed E-state index contributed by atoms with van der Waals surface area (Å²) in [7, 11) is 2.89. The zero-order valence-corrected chi connectivity index (χ0v) is 17.3. The number of hydrogen-bond acceptors (Lipinski definition) is 9. The van der Waals surface area contributed by atoms with Gasteiger partial charge in [-0.25, -0.2) is 19.9 Å². The van der Waals surface area contributed by atoms with Crippen LogP contribution in [0.1, 0.15) is 30.0 Å². The van der Waals surface area contributed by atoms with Crippen LogP contribution in [0.5, 0.6) is 0 Å². The van der Waals surface area contributed by atoms with E-state index in [1.54, 1.807) is 6.20 Å². The molecule has 0 radical (unpaired) electrons. The van der Waals surface area contributed by atoms with E-state index in [-0.39, 0.29) is 17.2 Å². The Labute approximate surface area is 174 Å². The molecule has 1 atom stereocenters. The maximum Gasteiger partial charge on any atom is 0.274 e. The summed E-state index contributed by atoms with van der Waals surface area (Å²) in [6.07, 6.45) is 7.99. The van der Waals surface area contributed by atoms with Crippen molar-refractivity contribution in [2.24, 2.45) is 10.9 Å². The quantitative estimate of drug-likeness (QED) is 0.444. The summed E-state index contributed by atoms with van der Waals surface area (Å²) in [6.45, 7) is 4.07. The minimum atomic E-state index is -1.02. The fourth-order valence-electron chi connectivity index (χ4n) is 2.51. The fraction of sp³-hybridized carbons (Fsp3) is 0.368. The highest BCUT2D eigenvalue weighted by Crippen LogP contribution is 2.17. The number of rotatable bonds is 9. The van der Waals surface area contributed by atoms with Crippen LogP contribution >= 0.6 is 0 Å². The molecule has 0 aliphatic rings. The topological polar surface area (TPSA) is 158 Å². The Kier molecular flexibility index (Phi) is 8.03. The van der Waals surface area contributed by atoms with E-state index in [9.17, 15) is 9.59 Å². The third kappa shape index (κ3) is 6.12. The van der Waals surface area contributed by atoms with E-state index in [0.29, 0.717) is 23.7 Å². The van der Waals surface area contributed by atoms with Gasteiger partial charge in [-0.3, -0.25) is 20.0 Å². The highest BCUT2D eigenvalue weighted by atomic mass is 16.2. The molecule has 2 heterocycles. The first-order valence-corrected chi connectivity index (χ1v) is 9.27. The van der Waals surface area contributed by atoms with Gasteiger partial charge in [-0.2, -0.15) is 0 Å². The second-order valence-corrected chi connectivity index (χ2v) is 6.76. The molecule has 11 nitrogen and oxygen atoms in total. The van der Waals surface area contributed by atoms with Gasteiger partial charge in [-0.1, -0.05) is 13.8 Å². The Balaban J connectivity index is 2.37. The molecular weight excluding hydrogens is 386 g/mol. The summed E-state index contributed by atoms with van der Waals surface area (Å²) >= 11 is 0. The summed E-state index contributed by atoms with van der Waals surface area (Å²) in [6, 6.07) is -1.02. The molecule has 0 fully saturated rings. The maximum atomic E-state index is 13.0. The van der Waals surface area contributed by atoms with Crippen LogP contribution in [0.2, 0.25) is 0 Å². The molecule has 2 aromatic heterocycles. The lowest BCUT2D eigenvalue weighted by Crippen LogP contribution is -2.47. The second-order valence-electron chi connectivity index (χ2n) is 6.76. The minimum absolute atomic E-state index is 0.0243. The molecule has 0 saturated heterocycles. The standard InChI is InChI=1S/C19H25N9O2/c1-11(2)5-12-8-25-17(27-13-6-23-10-24-7-13)16(26-12)19(30)28-14(9-21-3)15(20)18(29)22-4/h6-11,14,20H,5H2,1-4H3,(H,22,29)(H,25,27)(H,28,30). The lowest BCUT2D eigenvalue weighted by molar-refractivity contribution is -0.114. The Hall–Kier alpha value is -3.76. The van der Waals surface area contributed by atoms with Crippen molar-refractivity contribution in [1.82, 2.24) is 30.6 Å². The number of carbonyl (C=O) groups is 2. The summed E-state index contributed by atoms with van der Waals surface area (Å²) in [5, 5.41) is 15.9. The average molecular weight is 411 g/mol. The molecule has 158 valence electrons. The molecule has 4 N–H and O–H groups in total.